The first-order valence-corrected chi connectivity index (χ1v) is 6.65. The molecule has 0 bridgehead atoms. The van der Waals surface area contributed by atoms with Crippen molar-refractivity contribution in [1.29, 1.82) is 5.26 Å². The van der Waals surface area contributed by atoms with Gasteiger partial charge >= 0.3 is 0 Å². The van der Waals surface area contributed by atoms with Gasteiger partial charge in [0.1, 0.15) is 0 Å². The van der Waals surface area contributed by atoms with Crippen LogP contribution < -0.4 is 0 Å². The number of nitriles is 1. The van der Waals surface area contributed by atoms with Crippen LogP contribution in [0.25, 0.3) is 0 Å². The summed E-state index contributed by atoms with van der Waals surface area (Å²) < 4.78 is 0. The summed E-state index contributed by atoms with van der Waals surface area (Å²) in [7, 11) is 0. The third-order valence-electron chi connectivity index (χ3n) is 3.65. The predicted octanol–water partition coefficient (Wildman–Crippen LogP) is 1.46. The molecule has 1 aromatic rings. The highest BCUT2D eigenvalue weighted by Gasteiger charge is 2.25. The Morgan fingerprint density at radius 1 is 1.26 bits per heavy atom. The monoisotopic (exact) mass is 257 g/mol. The number of nitrogens with zero attached hydrogens (tertiary/aromatic N) is 3. The van der Waals surface area contributed by atoms with Gasteiger partial charge in [0, 0.05) is 26.2 Å². The molecule has 0 spiro atoms. The van der Waals surface area contributed by atoms with Crippen LogP contribution in [-0.2, 0) is 4.79 Å². The molecule has 1 saturated heterocycles. The Morgan fingerprint density at radius 3 is 2.47 bits per heavy atom. The summed E-state index contributed by atoms with van der Waals surface area (Å²) in [4.78, 5) is 16.4. The van der Waals surface area contributed by atoms with Crippen molar-refractivity contribution in [3.05, 3.63) is 35.9 Å². The van der Waals surface area contributed by atoms with E-state index in [4.69, 9.17) is 5.26 Å². The van der Waals surface area contributed by atoms with E-state index in [0.717, 1.165) is 31.7 Å². The summed E-state index contributed by atoms with van der Waals surface area (Å²) in [5, 5.41) is 8.66. The van der Waals surface area contributed by atoms with Crippen molar-refractivity contribution >= 4 is 5.91 Å². The fourth-order valence-electron chi connectivity index (χ4n) is 2.38. The van der Waals surface area contributed by atoms with Crippen LogP contribution in [0.2, 0.25) is 0 Å². The molecule has 0 aliphatic carbocycles. The van der Waals surface area contributed by atoms with Gasteiger partial charge < -0.3 is 4.90 Å². The molecule has 1 aromatic carbocycles. The maximum Gasteiger partial charge on any atom is 0.229 e. The van der Waals surface area contributed by atoms with Crippen LogP contribution in [0.1, 0.15) is 18.4 Å². The first kappa shape index (κ1) is 13.6. The van der Waals surface area contributed by atoms with Crippen molar-refractivity contribution in [2.75, 3.05) is 32.7 Å². The van der Waals surface area contributed by atoms with E-state index in [9.17, 15) is 4.79 Å². The van der Waals surface area contributed by atoms with E-state index in [-0.39, 0.29) is 11.8 Å². The molecule has 0 aromatic heterocycles. The van der Waals surface area contributed by atoms with Crippen molar-refractivity contribution in [1.82, 2.24) is 9.80 Å². The molecule has 4 heteroatoms. The van der Waals surface area contributed by atoms with Gasteiger partial charge in [-0.15, -0.1) is 0 Å². The molecular weight excluding hydrogens is 238 g/mol. The molecule has 1 fully saturated rings. The van der Waals surface area contributed by atoms with E-state index >= 15 is 0 Å². The molecule has 1 amide bonds. The van der Waals surface area contributed by atoms with Gasteiger partial charge in [-0.1, -0.05) is 30.3 Å². The van der Waals surface area contributed by atoms with E-state index in [1.807, 2.05) is 42.2 Å². The lowest BCUT2D eigenvalue weighted by Crippen LogP contribution is -2.49. The Balaban J connectivity index is 1.93. The number of carbonyl (C=O) groups is 1. The van der Waals surface area contributed by atoms with Gasteiger partial charge in [0.2, 0.25) is 5.91 Å². The molecule has 4 nitrogen and oxygen atoms in total. The minimum Gasteiger partial charge on any atom is -0.340 e. The van der Waals surface area contributed by atoms with Gasteiger partial charge in [-0.05, 0) is 12.5 Å². The number of hydrogen-bond acceptors (Lipinski definition) is 3. The van der Waals surface area contributed by atoms with Crippen molar-refractivity contribution < 1.29 is 4.79 Å². The molecule has 100 valence electrons. The molecule has 1 heterocycles. The van der Waals surface area contributed by atoms with E-state index in [1.165, 1.54) is 0 Å². The molecule has 19 heavy (non-hydrogen) atoms. The van der Waals surface area contributed by atoms with Crippen LogP contribution in [0.3, 0.4) is 0 Å². The lowest BCUT2D eigenvalue weighted by Gasteiger charge is -2.34. The van der Waals surface area contributed by atoms with Gasteiger partial charge in [-0.25, -0.2) is 0 Å². The van der Waals surface area contributed by atoms with Gasteiger partial charge in [0.05, 0.1) is 18.5 Å². The number of benzene rings is 1. The van der Waals surface area contributed by atoms with Gasteiger partial charge in [-0.3, -0.25) is 9.69 Å². The highest BCUT2D eigenvalue weighted by Crippen LogP contribution is 2.18. The first-order valence-electron chi connectivity index (χ1n) is 6.65. The Labute approximate surface area is 114 Å². The van der Waals surface area contributed by atoms with Crippen molar-refractivity contribution in [2.24, 2.45) is 0 Å². The Bertz CT molecular complexity index is 458. The largest absolute Gasteiger partial charge is 0.340 e. The Kier molecular flexibility index (Phi) is 4.53. The van der Waals surface area contributed by atoms with Crippen molar-refractivity contribution in [3.8, 4) is 6.07 Å². The average Bonchev–Trinajstić information content (AvgIpc) is 2.48. The average molecular weight is 257 g/mol. The topological polar surface area (TPSA) is 47.3 Å². The van der Waals surface area contributed by atoms with E-state index < -0.39 is 0 Å². The molecule has 2 rings (SSSR count). The molecule has 0 N–H and O–H groups in total. The molecule has 1 aliphatic heterocycles. The van der Waals surface area contributed by atoms with Crippen LogP contribution in [0.15, 0.2) is 30.3 Å². The van der Waals surface area contributed by atoms with Gasteiger partial charge in [0.25, 0.3) is 0 Å². The summed E-state index contributed by atoms with van der Waals surface area (Å²) >= 11 is 0. The van der Waals surface area contributed by atoms with Crippen LogP contribution >= 0.6 is 0 Å². The Hall–Kier alpha value is -1.86. The van der Waals surface area contributed by atoms with Gasteiger partial charge in [-0.2, -0.15) is 5.26 Å². The van der Waals surface area contributed by atoms with Crippen LogP contribution in [0, 0.1) is 11.3 Å². The third kappa shape index (κ3) is 3.33. The third-order valence-corrected chi connectivity index (χ3v) is 3.65. The number of amides is 1. The maximum absolute atomic E-state index is 12.4. The zero-order valence-electron chi connectivity index (χ0n) is 11.2. The van der Waals surface area contributed by atoms with Crippen molar-refractivity contribution in [3.63, 3.8) is 0 Å². The summed E-state index contributed by atoms with van der Waals surface area (Å²) in [6, 6.07) is 12.0. The normalized spacial score (nSPS) is 17.8. The maximum atomic E-state index is 12.4. The number of piperazine rings is 1. The zero-order valence-corrected chi connectivity index (χ0v) is 11.2. The fraction of sp³-hybridized carbons (Fsp3) is 0.467. The Morgan fingerprint density at radius 2 is 1.89 bits per heavy atom. The highest BCUT2D eigenvalue weighted by atomic mass is 16.2. The summed E-state index contributed by atoms with van der Waals surface area (Å²) in [6.45, 7) is 5.44. The smallest absolute Gasteiger partial charge is 0.229 e. The van der Waals surface area contributed by atoms with Crippen molar-refractivity contribution in [2.45, 2.75) is 12.8 Å². The van der Waals surface area contributed by atoms with E-state index in [1.54, 1.807) is 0 Å². The second-order valence-electron chi connectivity index (χ2n) is 4.89. The second-order valence-corrected chi connectivity index (χ2v) is 4.89. The number of carbonyl (C=O) groups excluding carboxylic acids is 1. The molecule has 1 aliphatic rings. The standard InChI is InChI=1S/C15H19N3O/c1-13(14-5-3-2-4-6-14)15(19)18-11-9-17(8-7-16)10-12-18/h2-6,13H,8-12H2,1H3. The molecule has 0 radical (unpaired) electrons. The van der Waals surface area contributed by atoms with Crippen LogP contribution in [-0.4, -0.2) is 48.4 Å². The summed E-state index contributed by atoms with van der Waals surface area (Å²) in [5.41, 5.74) is 1.06. The van der Waals surface area contributed by atoms with E-state index in [2.05, 4.69) is 11.0 Å². The summed E-state index contributed by atoms with van der Waals surface area (Å²) in [5.74, 6) is 0.0894. The molecule has 0 saturated carbocycles. The van der Waals surface area contributed by atoms with Crippen LogP contribution in [0.4, 0.5) is 0 Å². The van der Waals surface area contributed by atoms with E-state index in [0.29, 0.717) is 6.54 Å². The fourth-order valence-corrected chi connectivity index (χ4v) is 2.38. The molecule has 1 atom stereocenters. The predicted molar refractivity (Wildman–Crippen MR) is 73.5 cm³/mol. The van der Waals surface area contributed by atoms with Gasteiger partial charge in [0.15, 0.2) is 0 Å². The summed E-state index contributed by atoms with van der Waals surface area (Å²) in [6.07, 6.45) is 0. The second kappa shape index (κ2) is 6.35. The molecular formula is C15H19N3O. The SMILES string of the molecule is CC(C(=O)N1CCN(CC#N)CC1)c1ccccc1. The zero-order chi connectivity index (χ0) is 13.7. The first-order chi connectivity index (χ1) is 9.22. The lowest BCUT2D eigenvalue weighted by molar-refractivity contribution is -0.134. The lowest BCUT2D eigenvalue weighted by atomic mass is 9.99. The number of hydrogen-bond donors (Lipinski definition) is 0. The van der Waals surface area contributed by atoms with Crippen LogP contribution in [0.5, 0.6) is 0 Å². The highest BCUT2D eigenvalue weighted by molar-refractivity contribution is 5.83. The number of rotatable bonds is 3. The molecule has 1 unspecified atom stereocenters. The minimum atomic E-state index is -0.0938. The minimum absolute atomic E-state index is 0.0938. The quantitative estimate of drug-likeness (QED) is 0.770.